The van der Waals surface area contributed by atoms with E-state index < -0.39 is 0 Å². The first kappa shape index (κ1) is 11.5. The molecule has 88 valence electrons. The third-order valence-electron chi connectivity index (χ3n) is 2.98. The monoisotopic (exact) mass is 238 g/mol. The molecular weight excluding hydrogens is 220 g/mol. The van der Waals surface area contributed by atoms with Crippen molar-refractivity contribution in [3.05, 3.63) is 6.07 Å². The van der Waals surface area contributed by atoms with Gasteiger partial charge in [-0.2, -0.15) is 0 Å². The van der Waals surface area contributed by atoms with E-state index in [4.69, 9.17) is 0 Å². The molecule has 1 unspecified atom stereocenters. The van der Waals surface area contributed by atoms with E-state index in [1.54, 1.807) is 11.8 Å². The quantitative estimate of drug-likeness (QED) is 0.646. The van der Waals surface area contributed by atoms with Crippen LogP contribution < -0.4 is 10.2 Å². The number of nitrogens with zero attached hydrogens (tertiary/aromatic N) is 3. The van der Waals surface area contributed by atoms with Gasteiger partial charge in [0.1, 0.15) is 11.6 Å². The molecular formula is C11H18N4S. The van der Waals surface area contributed by atoms with Gasteiger partial charge >= 0.3 is 0 Å². The summed E-state index contributed by atoms with van der Waals surface area (Å²) < 4.78 is 0. The molecule has 1 fully saturated rings. The van der Waals surface area contributed by atoms with Crippen molar-refractivity contribution in [2.75, 3.05) is 30.1 Å². The van der Waals surface area contributed by atoms with Crippen LogP contribution in [0.25, 0.3) is 0 Å². The highest BCUT2D eigenvalue weighted by atomic mass is 32.2. The molecule has 0 spiro atoms. The molecule has 0 radical (unpaired) electrons. The lowest BCUT2D eigenvalue weighted by Gasteiger charge is -2.23. The second kappa shape index (κ2) is 4.91. The molecule has 0 aromatic carbocycles. The fourth-order valence-electron chi connectivity index (χ4n) is 2.05. The fraction of sp³-hybridized carbons (Fsp3) is 0.636. The molecule has 1 N–H and O–H groups in total. The predicted octanol–water partition coefficient (Wildman–Crippen LogP) is 2.23. The summed E-state index contributed by atoms with van der Waals surface area (Å²) in [5, 5.41) is 3.92. The summed E-state index contributed by atoms with van der Waals surface area (Å²) in [4.78, 5) is 11.3. The maximum absolute atomic E-state index is 4.57. The molecule has 1 aromatic rings. The third-order valence-corrected chi connectivity index (χ3v) is 3.53. The highest BCUT2D eigenvalue weighted by molar-refractivity contribution is 7.98. The van der Waals surface area contributed by atoms with Crippen molar-refractivity contribution in [3.8, 4) is 0 Å². The molecule has 16 heavy (non-hydrogen) atoms. The maximum Gasteiger partial charge on any atom is 0.191 e. The van der Waals surface area contributed by atoms with E-state index in [0.717, 1.165) is 23.3 Å². The van der Waals surface area contributed by atoms with Gasteiger partial charge < -0.3 is 10.2 Å². The van der Waals surface area contributed by atoms with Crippen LogP contribution in [0, 0.1) is 0 Å². The number of thioether (sulfide) groups is 1. The third kappa shape index (κ3) is 2.24. The van der Waals surface area contributed by atoms with Crippen molar-refractivity contribution in [1.82, 2.24) is 9.97 Å². The average molecular weight is 238 g/mol. The Hall–Kier alpha value is -0.970. The summed E-state index contributed by atoms with van der Waals surface area (Å²) in [7, 11) is 1.89. The van der Waals surface area contributed by atoms with Crippen molar-refractivity contribution in [2.45, 2.75) is 31.0 Å². The first-order chi connectivity index (χ1) is 7.74. The van der Waals surface area contributed by atoms with Crippen LogP contribution in [0.4, 0.5) is 11.6 Å². The Labute approximate surface area is 101 Å². The van der Waals surface area contributed by atoms with Crippen molar-refractivity contribution < 1.29 is 0 Å². The van der Waals surface area contributed by atoms with E-state index in [-0.39, 0.29) is 0 Å². The highest BCUT2D eigenvalue weighted by Crippen LogP contribution is 2.26. The zero-order valence-electron chi connectivity index (χ0n) is 10.0. The van der Waals surface area contributed by atoms with E-state index in [9.17, 15) is 0 Å². The molecule has 2 rings (SSSR count). The average Bonchev–Trinajstić information content (AvgIpc) is 2.74. The highest BCUT2D eigenvalue weighted by Gasteiger charge is 2.22. The van der Waals surface area contributed by atoms with Gasteiger partial charge in [0, 0.05) is 25.7 Å². The van der Waals surface area contributed by atoms with Crippen molar-refractivity contribution in [3.63, 3.8) is 0 Å². The van der Waals surface area contributed by atoms with Crippen molar-refractivity contribution in [1.29, 1.82) is 0 Å². The second-order valence-electron chi connectivity index (χ2n) is 4.03. The zero-order chi connectivity index (χ0) is 11.5. The Kier molecular flexibility index (Phi) is 3.53. The van der Waals surface area contributed by atoms with E-state index >= 15 is 0 Å². The fourth-order valence-corrected chi connectivity index (χ4v) is 2.43. The van der Waals surface area contributed by atoms with Crippen LogP contribution in [0.15, 0.2) is 11.2 Å². The SMILES string of the molecule is CNc1cc(N2CCCC2C)nc(SC)n1. The molecule has 5 heteroatoms. The molecule has 1 aromatic heterocycles. The first-order valence-corrected chi connectivity index (χ1v) is 6.84. The van der Waals surface area contributed by atoms with Gasteiger partial charge in [0.25, 0.3) is 0 Å². The second-order valence-corrected chi connectivity index (χ2v) is 4.81. The minimum atomic E-state index is 0.592. The summed E-state index contributed by atoms with van der Waals surface area (Å²) in [5.41, 5.74) is 0. The van der Waals surface area contributed by atoms with Crippen molar-refractivity contribution >= 4 is 23.4 Å². The van der Waals surface area contributed by atoms with Gasteiger partial charge in [-0.3, -0.25) is 0 Å². The van der Waals surface area contributed by atoms with Gasteiger partial charge in [-0.05, 0) is 26.0 Å². The van der Waals surface area contributed by atoms with Crippen LogP contribution in [0.2, 0.25) is 0 Å². The van der Waals surface area contributed by atoms with Crippen LogP contribution >= 0.6 is 11.8 Å². The van der Waals surface area contributed by atoms with Crippen molar-refractivity contribution in [2.24, 2.45) is 0 Å². The van der Waals surface area contributed by atoms with E-state index in [2.05, 4.69) is 27.1 Å². The van der Waals surface area contributed by atoms with E-state index in [0.29, 0.717) is 6.04 Å². The number of aromatic nitrogens is 2. The molecule has 1 aliphatic heterocycles. The summed E-state index contributed by atoms with van der Waals surface area (Å²) in [6, 6.07) is 2.62. The molecule has 0 saturated carbocycles. The summed E-state index contributed by atoms with van der Waals surface area (Å²) in [6.45, 7) is 3.36. The molecule has 0 amide bonds. The van der Waals surface area contributed by atoms with Crippen LogP contribution in [0.5, 0.6) is 0 Å². The van der Waals surface area contributed by atoms with Crippen LogP contribution in [-0.2, 0) is 0 Å². The standard InChI is InChI=1S/C11H18N4S/c1-8-5-4-6-15(8)10-7-9(12-2)13-11(14-10)16-3/h7-8H,4-6H2,1-3H3,(H,12,13,14). The van der Waals surface area contributed by atoms with E-state index in [1.165, 1.54) is 12.8 Å². The molecule has 0 aliphatic carbocycles. The molecule has 0 bridgehead atoms. The number of nitrogens with one attached hydrogen (secondary N) is 1. The lowest BCUT2D eigenvalue weighted by atomic mass is 10.2. The number of anilines is 2. The molecule has 2 heterocycles. The van der Waals surface area contributed by atoms with Crippen LogP contribution in [-0.4, -0.2) is 35.9 Å². The minimum Gasteiger partial charge on any atom is -0.373 e. The van der Waals surface area contributed by atoms with Gasteiger partial charge in [0.2, 0.25) is 0 Å². The lowest BCUT2D eigenvalue weighted by molar-refractivity contribution is 0.720. The molecule has 4 nitrogen and oxygen atoms in total. The molecule has 1 atom stereocenters. The summed E-state index contributed by atoms with van der Waals surface area (Å²) >= 11 is 1.58. The van der Waals surface area contributed by atoms with E-state index in [1.807, 2.05) is 19.4 Å². The Morgan fingerprint density at radius 2 is 2.31 bits per heavy atom. The van der Waals surface area contributed by atoms with Gasteiger partial charge in [0.05, 0.1) is 0 Å². The lowest BCUT2D eigenvalue weighted by Crippen LogP contribution is -2.27. The maximum atomic E-state index is 4.57. The van der Waals surface area contributed by atoms with Gasteiger partial charge in [0.15, 0.2) is 5.16 Å². The van der Waals surface area contributed by atoms with Crippen LogP contribution in [0.3, 0.4) is 0 Å². The number of rotatable bonds is 3. The van der Waals surface area contributed by atoms with Crippen LogP contribution in [0.1, 0.15) is 19.8 Å². The predicted molar refractivity (Wildman–Crippen MR) is 69.4 cm³/mol. The smallest absolute Gasteiger partial charge is 0.191 e. The first-order valence-electron chi connectivity index (χ1n) is 5.62. The van der Waals surface area contributed by atoms with Gasteiger partial charge in [-0.15, -0.1) is 0 Å². The zero-order valence-corrected chi connectivity index (χ0v) is 10.8. The van der Waals surface area contributed by atoms with Gasteiger partial charge in [-0.1, -0.05) is 11.8 Å². The minimum absolute atomic E-state index is 0.592. The normalized spacial score (nSPS) is 20.2. The Balaban J connectivity index is 2.31. The molecule has 1 saturated heterocycles. The Bertz CT molecular complexity index is 347. The number of hydrogen-bond acceptors (Lipinski definition) is 5. The topological polar surface area (TPSA) is 41.0 Å². The number of hydrogen-bond donors (Lipinski definition) is 1. The Morgan fingerprint density at radius 1 is 1.50 bits per heavy atom. The van der Waals surface area contributed by atoms with Gasteiger partial charge in [-0.25, -0.2) is 9.97 Å². The largest absolute Gasteiger partial charge is 0.373 e. The summed E-state index contributed by atoms with van der Waals surface area (Å²) in [6.07, 6.45) is 4.52. The molecule has 1 aliphatic rings. The Morgan fingerprint density at radius 3 is 2.88 bits per heavy atom. The summed E-state index contributed by atoms with van der Waals surface area (Å²) in [5.74, 6) is 1.95.